The van der Waals surface area contributed by atoms with E-state index < -0.39 is 6.36 Å². The molecule has 0 aliphatic rings. The number of methoxy groups -OCH3 is 1. The molecule has 0 aliphatic carbocycles. The van der Waals surface area contributed by atoms with Gasteiger partial charge < -0.3 is 20.1 Å². The van der Waals surface area contributed by atoms with Crippen LogP contribution in [-0.2, 0) is 24.4 Å². The molecular formula is C19H22F3N3O2. The van der Waals surface area contributed by atoms with E-state index in [-0.39, 0.29) is 12.3 Å². The third-order valence-corrected chi connectivity index (χ3v) is 3.63. The van der Waals surface area contributed by atoms with Crippen molar-refractivity contribution < 1.29 is 22.6 Å². The van der Waals surface area contributed by atoms with Crippen molar-refractivity contribution in [1.82, 2.24) is 10.6 Å². The highest BCUT2D eigenvalue weighted by molar-refractivity contribution is 5.79. The molecule has 0 aliphatic heterocycles. The van der Waals surface area contributed by atoms with Gasteiger partial charge in [0.2, 0.25) is 0 Å². The lowest BCUT2D eigenvalue weighted by atomic mass is 10.1. The van der Waals surface area contributed by atoms with Crippen molar-refractivity contribution in [2.75, 3.05) is 14.2 Å². The fraction of sp³-hybridized carbons (Fsp3) is 0.316. The summed E-state index contributed by atoms with van der Waals surface area (Å²) in [5, 5.41) is 6.12. The number of benzene rings is 2. The summed E-state index contributed by atoms with van der Waals surface area (Å²) < 4.78 is 46.7. The van der Waals surface area contributed by atoms with Gasteiger partial charge in [-0.25, -0.2) is 0 Å². The number of para-hydroxylation sites is 1. The quantitative estimate of drug-likeness (QED) is 0.569. The second-order valence-corrected chi connectivity index (χ2v) is 5.69. The molecule has 0 radical (unpaired) electrons. The number of nitrogens with zero attached hydrogens (tertiary/aromatic N) is 1. The van der Waals surface area contributed by atoms with E-state index >= 15 is 0 Å². The highest BCUT2D eigenvalue weighted by Gasteiger charge is 2.31. The number of rotatable bonds is 7. The molecule has 0 saturated carbocycles. The Kier molecular flexibility index (Phi) is 7.48. The highest BCUT2D eigenvalue weighted by Crippen LogP contribution is 2.26. The molecule has 0 unspecified atom stereocenters. The van der Waals surface area contributed by atoms with Crippen LogP contribution in [0.4, 0.5) is 13.2 Å². The van der Waals surface area contributed by atoms with E-state index in [0.717, 1.165) is 11.1 Å². The van der Waals surface area contributed by atoms with Gasteiger partial charge in [-0.05, 0) is 17.2 Å². The molecule has 8 heteroatoms. The van der Waals surface area contributed by atoms with Gasteiger partial charge in [-0.15, -0.1) is 13.2 Å². The first-order valence-electron chi connectivity index (χ1n) is 8.26. The Hall–Kier alpha value is -2.74. The van der Waals surface area contributed by atoms with Crippen LogP contribution in [0.2, 0.25) is 0 Å². The summed E-state index contributed by atoms with van der Waals surface area (Å²) in [5.41, 5.74) is 2.46. The standard InChI is InChI=1S/C19H22F3N3O2/c1-23-18(24-11-14-6-5-7-15(10-14)13-26-2)25-12-16-8-3-4-9-17(16)27-19(20,21)22/h3-10H,11-13H2,1-2H3,(H2,23,24,25). The van der Waals surface area contributed by atoms with Crippen molar-refractivity contribution in [2.24, 2.45) is 4.99 Å². The minimum atomic E-state index is -4.73. The molecule has 2 rings (SSSR count). The Labute approximate surface area is 156 Å². The molecule has 2 N–H and O–H groups in total. The summed E-state index contributed by atoms with van der Waals surface area (Å²) in [6.07, 6.45) is -4.73. The normalized spacial score (nSPS) is 12.0. The number of ether oxygens (including phenoxy) is 2. The molecule has 2 aromatic rings. The predicted molar refractivity (Wildman–Crippen MR) is 97.3 cm³/mol. The molecule has 0 amide bonds. The van der Waals surface area contributed by atoms with E-state index in [2.05, 4.69) is 20.4 Å². The second-order valence-electron chi connectivity index (χ2n) is 5.69. The second kappa shape index (κ2) is 9.82. The minimum absolute atomic E-state index is 0.135. The molecule has 146 valence electrons. The maximum absolute atomic E-state index is 12.5. The Balaban J connectivity index is 1.94. The van der Waals surface area contributed by atoms with Gasteiger partial charge in [0, 0.05) is 32.8 Å². The fourth-order valence-corrected chi connectivity index (χ4v) is 2.46. The maximum atomic E-state index is 12.5. The van der Waals surface area contributed by atoms with Gasteiger partial charge >= 0.3 is 6.36 Å². The lowest BCUT2D eigenvalue weighted by molar-refractivity contribution is -0.274. The summed E-state index contributed by atoms with van der Waals surface area (Å²) in [7, 11) is 3.23. The zero-order valence-corrected chi connectivity index (χ0v) is 15.1. The zero-order valence-electron chi connectivity index (χ0n) is 15.1. The molecule has 0 aromatic heterocycles. The summed E-state index contributed by atoms with van der Waals surface area (Å²) in [5.74, 6) is 0.231. The third-order valence-electron chi connectivity index (χ3n) is 3.63. The number of hydrogen-bond acceptors (Lipinski definition) is 3. The molecule has 0 saturated heterocycles. The van der Waals surface area contributed by atoms with Gasteiger partial charge in [-0.2, -0.15) is 0 Å². The van der Waals surface area contributed by atoms with Crippen LogP contribution >= 0.6 is 0 Å². The topological polar surface area (TPSA) is 54.9 Å². The number of guanidine groups is 1. The molecule has 0 heterocycles. The predicted octanol–water partition coefficient (Wildman–Crippen LogP) is 3.60. The van der Waals surface area contributed by atoms with E-state index in [4.69, 9.17) is 4.74 Å². The molecule has 27 heavy (non-hydrogen) atoms. The van der Waals surface area contributed by atoms with Crippen molar-refractivity contribution >= 4 is 5.96 Å². The van der Waals surface area contributed by atoms with Crippen molar-refractivity contribution in [3.63, 3.8) is 0 Å². The van der Waals surface area contributed by atoms with Crippen LogP contribution < -0.4 is 15.4 Å². The Bertz CT molecular complexity index is 764. The molecule has 5 nitrogen and oxygen atoms in total. The van der Waals surface area contributed by atoms with Gasteiger partial charge in [-0.3, -0.25) is 4.99 Å². The van der Waals surface area contributed by atoms with Crippen molar-refractivity contribution in [2.45, 2.75) is 26.1 Å². The molecular weight excluding hydrogens is 359 g/mol. The van der Waals surface area contributed by atoms with Gasteiger partial charge in [0.1, 0.15) is 5.75 Å². The summed E-state index contributed by atoms with van der Waals surface area (Å²) in [4.78, 5) is 4.09. The van der Waals surface area contributed by atoms with E-state index in [9.17, 15) is 13.2 Å². The van der Waals surface area contributed by atoms with Crippen LogP contribution in [0.3, 0.4) is 0 Å². The lowest BCUT2D eigenvalue weighted by Crippen LogP contribution is -2.36. The van der Waals surface area contributed by atoms with Crippen LogP contribution in [-0.4, -0.2) is 26.5 Å². The van der Waals surface area contributed by atoms with Crippen molar-refractivity contribution in [1.29, 1.82) is 0 Å². The first-order chi connectivity index (χ1) is 12.9. The molecule has 0 spiro atoms. The Morgan fingerprint density at radius 3 is 2.41 bits per heavy atom. The average Bonchev–Trinajstić information content (AvgIpc) is 2.62. The van der Waals surface area contributed by atoms with Crippen LogP contribution in [0.5, 0.6) is 5.75 Å². The summed E-state index contributed by atoms with van der Waals surface area (Å²) in [6.45, 7) is 1.17. The largest absolute Gasteiger partial charge is 0.573 e. The van der Waals surface area contributed by atoms with Gasteiger partial charge in [-0.1, -0.05) is 42.5 Å². The maximum Gasteiger partial charge on any atom is 0.573 e. The van der Waals surface area contributed by atoms with Gasteiger partial charge in [0.15, 0.2) is 5.96 Å². The summed E-state index contributed by atoms with van der Waals surface area (Å²) in [6, 6.07) is 13.9. The SMILES string of the molecule is CN=C(NCc1cccc(COC)c1)NCc1ccccc1OC(F)(F)F. The number of nitrogens with one attached hydrogen (secondary N) is 2. The average molecular weight is 381 g/mol. The van der Waals surface area contributed by atoms with E-state index in [1.54, 1.807) is 26.3 Å². The van der Waals surface area contributed by atoms with E-state index in [1.165, 1.54) is 12.1 Å². The molecule has 2 aromatic carbocycles. The van der Waals surface area contributed by atoms with Gasteiger partial charge in [0.25, 0.3) is 0 Å². The summed E-state index contributed by atoms with van der Waals surface area (Å²) >= 11 is 0. The smallest absolute Gasteiger partial charge is 0.405 e. The number of aliphatic imine (C=N–C) groups is 1. The van der Waals surface area contributed by atoms with E-state index in [0.29, 0.717) is 24.7 Å². The van der Waals surface area contributed by atoms with Gasteiger partial charge in [0.05, 0.1) is 6.61 Å². The van der Waals surface area contributed by atoms with Crippen LogP contribution in [0.15, 0.2) is 53.5 Å². The first kappa shape index (κ1) is 20.6. The third kappa shape index (κ3) is 7.18. The van der Waals surface area contributed by atoms with Crippen LogP contribution in [0.25, 0.3) is 0 Å². The Morgan fingerprint density at radius 1 is 1.00 bits per heavy atom. The van der Waals surface area contributed by atoms with Crippen LogP contribution in [0.1, 0.15) is 16.7 Å². The first-order valence-corrected chi connectivity index (χ1v) is 8.26. The zero-order chi connectivity index (χ0) is 19.7. The van der Waals surface area contributed by atoms with Crippen LogP contribution in [0, 0.1) is 0 Å². The van der Waals surface area contributed by atoms with E-state index in [1.807, 2.05) is 24.3 Å². The minimum Gasteiger partial charge on any atom is -0.405 e. The molecule has 0 atom stereocenters. The van der Waals surface area contributed by atoms with Crippen molar-refractivity contribution in [3.8, 4) is 5.75 Å². The highest BCUT2D eigenvalue weighted by atomic mass is 19.4. The Morgan fingerprint density at radius 2 is 1.70 bits per heavy atom. The molecule has 0 fully saturated rings. The monoisotopic (exact) mass is 381 g/mol. The number of hydrogen-bond donors (Lipinski definition) is 2. The lowest BCUT2D eigenvalue weighted by Gasteiger charge is -2.16. The number of halogens is 3. The van der Waals surface area contributed by atoms with Crippen molar-refractivity contribution in [3.05, 3.63) is 65.2 Å². The number of alkyl halides is 3. The fourth-order valence-electron chi connectivity index (χ4n) is 2.46. The molecule has 0 bridgehead atoms.